The minimum atomic E-state index is -0.408. The van der Waals surface area contributed by atoms with Crippen LogP contribution in [0.25, 0.3) is 17.0 Å². The van der Waals surface area contributed by atoms with E-state index in [0.717, 1.165) is 48.6 Å². The Kier molecular flexibility index (Phi) is 5.03. The minimum absolute atomic E-state index is 0.0632. The first-order chi connectivity index (χ1) is 15.0. The Labute approximate surface area is 183 Å². The molecule has 1 aliphatic rings. The molecule has 31 heavy (non-hydrogen) atoms. The van der Waals surface area contributed by atoms with Crippen molar-refractivity contribution in [2.75, 3.05) is 11.9 Å². The Morgan fingerprint density at radius 2 is 2.16 bits per heavy atom. The van der Waals surface area contributed by atoms with Crippen LogP contribution in [0.15, 0.2) is 23.7 Å². The molecule has 1 saturated heterocycles. The molecule has 1 amide bonds. The molecule has 4 aromatic heterocycles. The second-order valence-electron chi connectivity index (χ2n) is 7.76. The van der Waals surface area contributed by atoms with Crippen LogP contribution in [0.3, 0.4) is 0 Å². The Morgan fingerprint density at radius 1 is 1.29 bits per heavy atom. The number of carbonyl (C=O) groups is 1. The number of nitrogens with one attached hydrogen (secondary N) is 1. The predicted molar refractivity (Wildman–Crippen MR) is 117 cm³/mol. The summed E-state index contributed by atoms with van der Waals surface area (Å²) < 4.78 is 9.64. The van der Waals surface area contributed by atoms with E-state index in [0.29, 0.717) is 10.9 Å². The summed E-state index contributed by atoms with van der Waals surface area (Å²) in [6, 6.07) is 3.95. The number of ether oxygens (including phenoxy) is 1. The van der Waals surface area contributed by atoms with Gasteiger partial charge in [0.05, 0.1) is 11.8 Å². The zero-order chi connectivity index (χ0) is 21.5. The minimum Gasteiger partial charge on any atom is -0.376 e. The van der Waals surface area contributed by atoms with Gasteiger partial charge in [-0.1, -0.05) is 0 Å². The molecule has 1 aliphatic heterocycles. The van der Waals surface area contributed by atoms with Crippen LogP contribution in [0.4, 0.5) is 5.13 Å². The van der Waals surface area contributed by atoms with Crippen LogP contribution in [-0.2, 0) is 11.3 Å². The van der Waals surface area contributed by atoms with Crippen LogP contribution in [0, 0.1) is 20.8 Å². The molecule has 0 spiro atoms. The zero-order valence-electron chi connectivity index (χ0n) is 17.6. The van der Waals surface area contributed by atoms with Gasteiger partial charge in [0.15, 0.2) is 5.13 Å². The zero-order valence-corrected chi connectivity index (χ0v) is 18.4. The van der Waals surface area contributed by atoms with Crippen LogP contribution < -0.4 is 5.32 Å². The average Bonchev–Trinajstić information content (AvgIpc) is 3.52. The fourth-order valence-electron chi connectivity index (χ4n) is 3.94. The van der Waals surface area contributed by atoms with Gasteiger partial charge < -0.3 is 9.30 Å². The summed E-state index contributed by atoms with van der Waals surface area (Å²) in [5.74, 6) is 0.0478. The number of amides is 1. The lowest BCUT2D eigenvalue weighted by Crippen LogP contribution is -2.16. The number of carbonyl (C=O) groups excluding carboxylic acids is 1. The van der Waals surface area contributed by atoms with Crippen molar-refractivity contribution in [3.8, 4) is 11.3 Å². The summed E-state index contributed by atoms with van der Waals surface area (Å²) in [6.45, 7) is 7.80. The third-order valence-corrected chi connectivity index (χ3v) is 6.38. The number of hydrogen-bond donors (Lipinski definition) is 1. The fraction of sp³-hybridized carbons (Fsp3) is 0.381. The van der Waals surface area contributed by atoms with Crippen LogP contribution >= 0.6 is 11.3 Å². The highest BCUT2D eigenvalue weighted by Crippen LogP contribution is 2.31. The first kappa shape index (κ1) is 19.8. The van der Waals surface area contributed by atoms with Gasteiger partial charge in [0.1, 0.15) is 0 Å². The van der Waals surface area contributed by atoms with Crippen molar-refractivity contribution in [1.82, 2.24) is 29.1 Å². The Bertz CT molecular complexity index is 1270. The molecule has 10 heteroatoms. The molecule has 0 bridgehead atoms. The quantitative estimate of drug-likeness (QED) is 0.514. The SMILES string of the molecule is Cc1cc(-c2csc(NC(=O)c3nc4nccc(C)n4n3)n2)c(C)n1C[C@H]1CCCO1. The van der Waals surface area contributed by atoms with Crippen molar-refractivity contribution in [2.45, 2.75) is 46.3 Å². The molecule has 0 radical (unpaired) electrons. The van der Waals surface area contributed by atoms with Gasteiger partial charge in [0.25, 0.3) is 11.7 Å². The average molecular weight is 438 g/mol. The molecule has 0 aliphatic carbocycles. The number of rotatable bonds is 5. The number of aryl methyl sites for hydroxylation is 2. The van der Waals surface area contributed by atoms with Gasteiger partial charge in [-0.05, 0) is 45.7 Å². The molecule has 4 aromatic rings. The van der Waals surface area contributed by atoms with Crippen molar-refractivity contribution in [1.29, 1.82) is 0 Å². The number of hydrogen-bond acceptors (Lipinski definition) is 7. The van der Waals surface area contributed by atoms with Crippen LogP contribution in [-0.4, -0.2) is 47.8 Å². The van der Waals surface area contributed by atoms with Gasteiger partial charge in [-0.15, -0.1) is 16.4 Å². The number of fused-ring (bicyclic) bond motifs is 1. The predicted octanol–water partition coefficient (Wildman–Crippen LogP) is 3.41. The molecular weight excluding hydrogens is 414 g/mol. The molecule has 1 N–H and O–H groups in total. The van der Waals surface area contributed by atoms with Crippen LogP contribution in [0.1, 0.15) is 40.5 Å². The van der Waals surface area contributed by atoms with E-state index in [1.165, 1.54) is 17.0 Å². The van der Waals surface area contributed by atoms with Crippen molar-refractivity contribution in [3.63, 3.8) is 0 Å². The maximum Gasteiger partial charge on any atom is 0.297 e. The first-order valence-electron chi connectivity index (χ1n) is 10.2. The van der Waals surface area contributed by atoms with E-state index in [4.69, 9.17) is 4.74 Å². The van der Waals surface area contributed by atoms with Gasteiger partial charge in [-0.3, -0.25) is 10.1 Å². The molecule has 1 fully saturated rings. The molecule has 1 atom stereocenters. The third-order valence-electron chi connectivity index (χ3n) is 5.62. The first-order valence-corrected chi connectivity index (χ1v) is 11.1. The number of anilines is 1. The van der Waals surface area contributed by atoms with Crippen molar-refractivity contribution < 1.29 is 9.53 Å². The highest BCUT2D eigenvalue weighted by atomic mass is 32.1. The van der Waals surface area contributed by atoms with Gasteiger partial charge in [-0.2, -0.15) is 4.98 Å². The van der Waals surface area contributed by atoms with E-state index in [-0.39, 0.29) is 11.9 Å². The molecule has 160 valence electrons. The highest BCUT2D eigenvalue weighted by molar-refractivity contribution is 7.14. The second kappa shape index (κ2) is 7.86. The lowest BCUT2D eigenvalue weighted by atomic mass is 10.2. The summed E-state index contributed by atoms with van der Waals surface area (Å²) in [6.07, 6.45) is 4.15. The van der Waals surface area contributed by atoms with E-state index in [1.54, 1.807) is 10.7 Å². The van der Waals surface area contributed by atoms with Crippen LogP contribution in [0.5, 0.6) is 0 Å². The van der Waals surface area contributed by atoms with Crippen molar-refractivity contribution in [3.05, 3.63) is 46.6 Å². The lowest BCUT2D eigenvalue weighted by Gasteiger charge is -2.14. The van der Waals surface area contributed by atoms with Crippen molar-refractivity contribution in [2.24, 2.45) is 0 Å². The van der Waals surface area contributed by atoms with E-state index in [1.807, 2.05) is 18.4 Å². The maximum absolute atomic E-state index is 12.6. The van der Waals surface area contributed by atoms with Crippen LogP contribution in [0.2, 0.25) is 0 Å². The standard InChI is InChI=1S/C21H23N7O2S/c1-12-6-7-22-20-24-18(26-28(12)20)19(29)25-21-23-17(11-31-21)16-9-13(2)27(14(16)3)10-15-5-4-8-30-15/h6-7,9,11,15H,4-5,8,10H2,1-3H3,(H,23,25,29)/t15-/m1/s1. The normalized spacial score (nSPS) is 16.3. The van der Waals surface area contributed by atoms with Gasteiger partial charge in [0.2, 0.25) is 5.82 Å². The van der Waals surface area contributed by atoms with E-state index in [9.17, 15) is 4.79 Å². The summed E-state index contributed by atoms with van der Waals surface area (Å²) in [4.78, 5) is 25.6. The smallest absolute Gasteiger partial charge is 0.297 e. The lowest BCUT2D eigenvalue weighted by molar-refractivity contribution is 0.0962. The van der Waals surface area contributed by atoms with Gasteiger partial charge >= 0.3 is 0 Å². The van der Waals surface area contributed by atoms with Gasteiger partial charge in [-0.25, -0.2) is 14.5 Å². The highest BCUT2D eigenvalue weighted by Gasteiger charge is 2.21. The van der Waals surface area contributed by atoms with E-state index in [2.05, 4.69) is 49.8 Å². The third kappa shape index (κ3) is 3.72. The van der Waals surface area contributed by atoms with Gasteiger partial charge in [0, 0.05) is 47.4 Å². The maximum atomic E-state index is 12.6. The molecule has 0 aromatic carbocycles. The number of nitrogens with zero attached hydrogens (tertiary/aromatic N) is 6. The number of aromatic nitrogens is 6. The Morgan fingerprint density at radius 3 is 2.94 bits per heavy atom. The van der Waals surface area contributed by atoms with E-state index < -0.39 is 5.91 Å². The molecule has 0 unspecified atom stereocenters. The second-order valence-corrected chi connectivity index (χ2v) is 8.61. The summed E-state index contributed by atoms with van der Waals surface area (Å²) >= 11 is 1.38. The molecule has 9 nitrogen and oxygen atoms in total. The molecule has 0 saturated carbocycles. The van der Waals surface area contributed by atoms with E-state index >= 15 is 0 Å². The monoisotopic (exact) mass is 437 g/mol. The number of thiazole rings is 1. The topological polar surface area (TPSA) is 99.2 Å². The molecule has 5 heterocycles. The summed E-state index contributed by atoms with van der Waals surface area (Å²) in [5.41, 5.74) is 5.09. The Balaban J connectivity index is 1.35. The summed E-state index contributed by atoms with van der Waals surface area (Å²) in [5, 5.41) is 9.51. The summed E-state index contributed by atoms with van der Waals surface area (Å²) in [7, 11) is 0. The Hall–Kier alpha value is -3.11. The fourth-order valence-corrected chi connectivity index (χ4v) is 4.65. The van der Waals surface area contributed by atoms with Crippen molar-refractivity contribution >= 4 is 28.2 Å². The molecular formula is C21H23N7O2S. The largest absolute Gasteiger partial charge is 0.376 e. The molecule has 5 rings (SSSR count).